The number of aromatic nitrogens is 1. The van der Waals surface area contributed by atoms with E-state index in [1.807, 2.05) is 19.9 Å². The van der Waals surface area contributed by atoms with Gasteiger partial charge in [-0.1, -0.05) is 23.8 Å². The highest BCUT2D eigenvalue weighted by Gasteiger charge is 2.15. The van der Waals surface area contributed by atoms with Crippen molar-refractivity contribution >= 4 is 10.1 Å². The van der Waals surface area contributed by atoms with E-state index < -0.39 is 10.1 Å². The van der Waals surface area contributed by atoms with Crippen molar-refractivity contribution < 1.29 is 12.6 Å². The van der Waals surface area contributed by atoms with Crippen molar-refractivity contribution in [2.24, 2.45) is 0 Å². The van der Waals surface area contributed by atoms with Crippen LogP contribution in [0.5, 0.6) is 0 Å². The fourth-order valence-electron chi connectivity index (χ4n) is 1.58. The predicted molar refractivity (Wildman–Crippen MR) is 72.1 cm³/mol. The van der Waals surface area contributed by atoms with Crippen molar-refractivity contribution in [3.05, 3.63) is 59.4 Å². The van der Waals surface area contributed by atoms with E-state index in [1.54, 1.807) is 24.4 Å². The minimum atomic E-state index is -3.73. The number of hydrogen-bond acceptors (Lipinski definition) is 4. The average molecular weight is 277 g/mol. The summed E-state index contributed by atoms with van der Waals surface area (Å²) in [4.78, 5) is 4.26. The van der Waals surface area contributed by atoms with E-state index in [2.05, 4.69) is 4.98 Å². The van der Waals surface area contributed by atoms with Gasteiger partial charge in [0.15, 0.2) is 0 Å². The fourth-order valence-corrected chi connectivity index (χ4v) is 2.45. The third kappa shape index (κ3) is 3.39. The predicted octanol–water partition coefficient (Wildman–Crippen LogP) is 2.60. The molecule has 0 fully saturated rings. The van der Waals surface area contributed by atoms with Gasteiger partial charge in [-0.2, -0.15) is 8.42 Å². The highest BCUT2D eigenvalue weighted by atomic mass is 32.2. The normalized spacial score (nSPS) is 11.5. The standard InChI is InChI=1S/C14H15NO3S/c1-11-5-7-13(8-6-11)19(16,17)18-10-14-12(2)4-3-9-15-14/h3-9H,10H2,1-2H3. The van der Waals surface area contributed by atoms with Crippen LogP contribution in [0.1, 0.15) is 16.8 Å². The summed E-state index contributed by atoms with van der Waals surface area (Å²) in [5.74, 6) is 0. The molecular formula is C14H15NO3S. The van der Waals surface area contributed by atoms with E-state index in [9.17, 15) is 8.42 Å². The monoisotopic (exact) mass is 277 g/mol. The number of benzene rings is 1. The molecule has 0 spiro atoms. The maximum atomic E-state index is 12.0. The van der Waals surface area contributed by atoms with E-state index >= 15 is 0 Å². The number of hydrogen-bond donors (Lipinski definition) is 0. The highest BCUT2D eigenvalue weighted by Crippen LogP contribution is 2.15. The number of pyridine rings is 1. The zero-order valence-electron chi connectivity index (χ0n) is 10.8. The molecule has 1 aromatic carbocycles. The Hall–Kier alpha value is -1.72. The lowest BCUT2D eigenvalue weighted by Gasteiger charge is -2.07. The molecule has 1 heterocycles. The van der Waals surface area contributed by atoms with Gasteiger partial charge in [0, 0.05) is 6.20 Å². The molecule has 2 rings (SSSR count). The summed E-state index contributed by atoms with van der Waals surface area (Å²) in [6.07, 6.45) is 1.62. The van der Waals surface area contributed by atoms with Crippen molar-refractivity contribution in [1.29, 1.82) is 0 Å². The third-order valence-electron chi connectivity index (χ3n) is 2.78. The van der Waals surface area contributed by atoms with Gasteiger partial charge >= 0.3 is 0 Å². The molecule has 0 unspecified atom stereocenters. The number of rotatable bonds is 4. The maximum Gasteiger partial charge on any atom is 0.297 e. The van der Waals surface area contributed by atoms with Gasteiger partial charge in [-0.15, -0.1) is 0 Å². The van der Waals surface area contributed by atoms with Crippen LogP contribution in [0.25, 0.3) is 0 Å². The van der Waals surface area contributed by atoms with Crippen LogP contribution >= 0.6 is 0 Å². The SMILES string of the molecule is Cc1ccc(S(=O)(=O)OCc2ncccc2C)cc1. The van der Waals surface area contributed by atoms with E-state index in [0.717, 1.165) is 11.1 Å². The van der Waals surface area contributed by atoms with Crippen molar-refractivity contribution in [3.63, 3.8) is 0 Å². The largest absolute Gasteiger partial charge is 0.297 e. The molecule has 1 aromatic heterocycles. The third-order valence-corrected chi connectivity index (χ3v) is 4.06. The molecule has 0 aliphatic heterocycles. The van der Waals surface area contributed by atoms with Gasteiger partial charge in [-0.25, -0.2) is 0 Å². The molecule has 0 bridgehead atoms. The topological polar surface area (TPSA) is 56.3 Å². The van der Waals surface area contributed by atoms with Crippen LogP contribution in [0, 0.1) is 13.8 Å². The molecule has 100 valence electrons. The lowest BCUT2D eigenvalue weighted by atomic mass is 10.2. The summed E-state index contributed by atoms with van der Waals surface area (Å²) in [7, 11) is -3.73. The molecule has 5 heteroatoms. The molecule has 0 radical (unpaired) electrons. The second-order valence-corrected chi connectivity index (χ2v) is 5.91. The second-order valence-electron chi connectivity index (χ2n) is 4.30. The van der Waals surface area contributed by atoms with Crippen LogP contribution in [-0.4, -0.2) is 13.4 Å². The zero-order chi connectivity index (χ0) is 13.9. The van der Waals surface area contributed by atoms with Crippen LogP contribution in [0.4, 0.5) is 0 Å². The summed E-state index contributed by atoms with van der Waals surface area (Å²) in [6.45, 7) is 3.71. The molecule has 0 amide bonds. The Morgan fingerprint density at radius 2 is 1.79 bits per heavy atom. The second kappa shape index (κ2) is 5.50. The molecule has 0 saturated carbocycles. The lowest BCUT2D eigenvalue weighted by molar-refractivity contribution is 0.303. The van der Waals surface area contributed by atoms with Crippen LogP contribution in [0.2, 0.25) is 0 Å². The Morgan fingerprint density at radius 1 is 1.11 bits per heavy atom. The van der Waals surface area contributed by atoms with E-state index in [-0.39, 0.29) is 11.5 Å². The molecule has 0 aliphatic carbocycles. The van der Waals surface area contributed by atoms with E-state index in [0.29, 0.717) is 5.69 Å². The first-order valence-electron chi connectivity index (χ1n) is 5.85. The Bertz CT molecular complexity index is 663. The van der Waals surface area contributed by atoms with Gasteiger partial charge in [0.25, 0.3) is 10.1 Å². The van der Waals surface area contributed by atoms with Gasteiger partial charge in [-0.05, 0) is 37.6 Å². The van der Waals surface area contributed by atoms with Crippen molar-refractivity contribution in [3.8, 4) is 0 Å². The first-order valence-corrected chi connectivity index (χ1v) is 7.26. The van der Waals surface area contributed by atoms with Crippen molar-refractivity contribution in [2.75, 3.05) is 0 Å². The minimum absolute atomic E-state index is 0.0527. The molecule has 0 aliphatic rings. The quantitative estimate of drug-likeness (QED) is 0.806. The van der Waals surface area contributed by atoms with Gasteiger partial charge in [0.2, 0.25) is 0 Å². The molecule has 0 N–H and O–H groups in total. The molecule has 19 heavy (non-hydrogen) atoms. The number of nitrogens with zero attached hydrogens (tertiary/aromatic N) is 1. The molecule has 0 saturated heterocycles. The Kier molecular flexibility index (Phi) is 3.97. The Morgan fingerprint density at radius 3 is 2.42 bits per heavy atom. The summed E-state index contributed by atoms with van der Waals surface area (Å²) >= 11 is 0. The summed E-state index contributed by atoms with van der Waals surface area (Å²) in [6, 6.07) is 10.2. The van der Waals surface area contributed by atoms with Crippen molar-refractivity contribution in [2.45, 2.75) is 25.3 Å². The minimum Gasteiger partial charge on any atom is -0.260 e. The van der Waals surface area contributed by atoms with Crippen LogP contribution < -0.4 is 0 Å². The Balaban J connectivity index is 2.14. The smallest absolute Gasteiger partial charge is 0.260 e. The highest BCUT2D eigenvalue weighted by molar-refractivity contribution is 7.86. The van der Waals surface area contributed by atoms with Crippen LogP contribution in [0.15, 0.2) is 47.5 Å². The summed E-state index contributed by atoms with van der Waals surface area (Å²) in [5, 5.41) is 0. The first-order chi connectivity index (χ1) is 8.99. The number of aryl methyl sites for hydroxylation is 2. The average Bonchev–Trinajstić information content (AvgIpc) is 2.38. The van der Waals surface area contributed by atoms with Crippen LogP contribution in [0.3, 0.4) is 0 Å². The molecule has 2 aromatic rings. The van der Waals surface area contributed by atoms with E-state index in [1.165, 1.54) is 12.1 Å². The Labute approximate surface area is 113 Å². The van der Waals surface area contributed by atoms with Gasteiger partial charge in [0.05, 0.1) is 10.6 Å². The molecule has 4 nitrogen and oxygen atoms in total. The molecule has 0 atom stereocenters. The summed E-state index contributed by atoms with van der Waals surface area (Å²) in [5.41, 5.74) is 2.53. The van der Waals surface area contributed by atoms with E-state index in [4.69, 9.17) is 4.18 Å². The lowest BCUT2D eigenvalue weighted by Crippen LogP contribution is -2.08. The first kappa shape index (κ1) is 13.7. The van der Waals surface area contributed by atoms with Gasteiger partial charge in [-0.3, -0.25) is 9.17 Å². The van der Waals surface area contributed by atoms with Crippen molar-refractivity contribution in [1.82, 2.24) is 4.98 Å². The van der Waals surface area contributed by atoms with Crippen LogP contribution in [-0.2, 0) is 20.9 Å². The summed E-state index contributed by atoms with van der Waals surface area (Å²) < 4.78 is 29.0. The zero-order valence-corrected chi connectivity index (χ0v) is 11.6. The fraction of sp³-hybridized carbons (Fsp3) is 0.214. The molecular weight excluding hydrogens is 262 g/mol. The van der Waals surface area contributed by atoms with Gasteiger partial charge in [0.1, 0.15) is 6.61 Å². The van der Waals surface area contributed by atoms with Gasteiger partial charge < -0.3 is 0 Å². The maximum absolute atomic E-state index is 12.0.